The van der Waals surface area contributed by atoms with Gasteiger partial charge in [-0.1, -0.05) is 54.6 Å². The largest absolute Gasteiger partial charge is 0.377 e. The van der Waals surface area contributed by atoms with E-state index in [-0.39, 0.29) is 30.8 Å². The van der Waals surface area contributed by atoms with Gasteiger partial charge in [-0.3, -0.25) is 4.79 Å². The molecule has 0 aromatic heterocycles. The van der Waals surface area contributed by atoms with E-state index in [2.05, 4.69) is 5.32 Å². The number of carbonyl (C=O) groups excluding carboxylic acids is 1. The minimum atomic E-state index is -0.273. The van der Waals surface area contributed by atoms with Gasteiger partial charge in [-0.05, 0) is 23.6 Å². The van der Waals surface area contributed by atoms with Crippen LogP contribution in [-0.4, -0.2) is 12.5 Å². The first-order valence-electron chi connectivity index (χ1n) is 7.92. The lowest BCUT2D eigenvalue weighted by molar-refractivity contribution is -0.121. The number of nitrogens with two attached hydrogens (primary N) is 1. The summed E-state index contributed by atoms with van der Waals surface area (Å²) in [6, 6.07) is 17.4. The van der Waals surface area contributed by atoms with Crippen molar-refractivity contribution in [3.05, 3.63) is 71.3 Å². The van der Waals surface area contributed by atoms with Crippen LogP contribution < -0.4 is 11.1 Å². The smallest absolute Gasteiger partial charge is 0.222 e. The van der Waals surface area contributed by atoms with Crippen LogP contribution in [0.2, 0.25) is 0 Å². The van der Waals surface area contributed by atoms with Crippen LogP contribution in [0.4, 0.5) is 0 Å². The van der Waals surface area contributed by atoms with E-state index in [9.17, 15) is 4.79 Å². The number of nitrogens with one attached hydrogen (secondary N) is 1. The second-order valence-corrected chi connectivity index (χ2v) is 5.45. The van der Waals surface area contributed by atoms with Gasteiger partial charge >= 0.3 is 0 Å². The quantitative estimate of drug-likeness (QED) is 0.768. The van der Waals surface area contributed by atoms with E-state index in [1.807, 2.05) is 61.5 Å². The topological polar surface area (TPSA) is 64.3 Å². The Morgan fingerprint density at radius 1 is 1.08 bits per heavy atom. The van der Waals surface area contributed by atoms with Crippen LogP contribution in [0.3, 0.4) is 0 Å². The van der Waals surface area contributed by atoms with E-state index in [1.165, 1.54) is 0 Å². The molecule has 3 N–H and O–H groups in total. The highest BCUT2D eigenvalue weighted by atomic mass is 35.5. The van der Waals surface area contributed by atoms with Gasteiger partial charge in [0.15, 0.2) is 0 Å². The Balaban J connectivity index is 0.00000288. The lowest BCUT2D eigenvalue weighted by Gasteiger charge is -2.12. The Morgan fingerprint density at radius 2 is 1.71 bits per heavy atom. The van der Waals surface area contributed by atoms with Crippen LogP contribution in [0.25, 0.3) is 0 Å². The van der Waals surface area contributed by atoms with E-state index >= 15 is 0 Å². The van der Waals surface area contributed by atoms with Crippen LogP contribution in [-0.2, 0) is 22.7 Å². The predicted molar refractivity (Wildman–Crippen MR) is 98.9 cm³/mol. The van der Waals surface area contributed by atoms with Crippen molar-refractivity contribution in [2.45, 2.75) is 32.5 Å². The standard InChI is InChI=1S/C19H24N2O2.ClH/c1-2-23-14-16-10-8-15(9-11-16)13-21-19(22)12-18(20)17-6-4-3-5-7-17;/h3-11,18H,2,12-14,20H2,1H3,(H,21,22);1H. The summed E-state index contributed by atoms with van der Waals surface area (Å²) in [7, 11) is 0. The Morgan fingerprint density at radius 3 is 2.33 bits per heavy atom. The first kappa shape index (κ1) is 20.2. The minimum absolute atomic E-state index is 0. The molecule has 2 aromatic rings. The molecule has 2 rings (SSSR count). The van der Waals surface area contributed by atoms with Crippen molar-refractivity contribution in [2.24, 2.45) is 5.73 Å². The number of halogens is 1. The zero-order chi connectivity index (χ0) is 16.5. The molecule has 1 amide bonds. The monoisotopic (exact) mass is 348 g/mol. The number of amides is 1. The normalized spacial score (nSPS) is 11.4. The number of carbonyl (C=O) groups is 1. The minimum Gasteiger partial charge on any atom is -0.377 e. The highest BCUT2D eigenvalue weighted by molar-refractivity contribution is 5.85. The van der Waals surface area contributed by atoms with Crippen molar-refractivity contribution >= 4 is 18.3 Å². The third kappa shape index (κ3) is 6.71. The molecule has 0 saturated carbocycles. The molecule has 0 spiro atoms. The van der Waals surface area contributed by atoms with Gasteiger partial charge < -0.3 is 15.8 Å². The summed E-state index contributed by atoms with van der Waals surface area (Å²) >= 11 is 0. The van der Waals surface area contributed by atoms with E-state index in [0.29, 0.717) is 19.8 Å². The number of benzene rings is 2. The maximum absolute atomic E-state index is 12.0. The molecule has 130 valence electrons. The molecule has 0 saturated heterocycles. The van der Waals surface area contributed by atoms with E-state index in [1.54, 1.807) is 0 Å². The fourth-order valence-corrected chi connectivity index (χ4v) is 2.26. The van der Waals surface area contributed by atoms with Crippen molar-refractivity contribution in [1.82, 2.24) is 5.32 Å². The maximum atomic E-state index is 12.0. The average molecular weight is 349 g/mol. The van der Waals surface area contributed by atoms with Crippen molar-refractivity contribution in [2.75, 3.05) is 6.61 Å². The van der Waals surface area contributed by atoms with Crippen molar-refractivity contribution < 1.29 is 9.53 Å². The molecule has 5 heteroatoms. The second kappa shape index (κ2) is 10.8. The summed E-state index contributed by atoms with van der Waals surface area (Å²) in [5.41, 5.74) is 9.23. The van der Waals surface area contributed by atoms with Gasteiger partial charge in [-0.25, -0.2) is 0 Å². The van der Waals surface area contributed by atoms with Gasteiger partial charge in [0.1, 0.15) is 0 Å². The van der Waals surface area contributed by atoms with Crippen LogP contribution in [0, 0.1) is 0 Å². The lowest BCUT2D eigenvalue weighted by Crippen LogP contribution is -2.27. The summed E-state index contributed by atoms with van der Waals surface area (Å²) in [5.74, 6) is -0.0419. The highest BCUT2D eigenvalue weighted by Crippen LogP contribution is 2.13. The number of hydrogen-bond acceptors (Lipinski definition) is 3. The Bertz CT molecular complexity index is 603. The zero-order valence-electron chi connectivity index (χ0n) is 13.9. The molecule has 1 atom stereocenters. The molecule has 0 bridgehead atoms. The maximum Gasteiger partial charge on any atom is 0.222 e. The van der Waals surface area contributed by atoms with Gasteiger partial charge in [0.05, 0.1) is 6.61 Å². The second-order valence-electron chi connectivity index (χ2n) is 5.45. The number of ether oxygens (including phenoxy) is 1. The van der Waals surface area contributed by atoms with Gasteiger partial charge in [0.25, 0.3) is 0 Å². The molecule has 1 unspecified atom stereocenters. The van der Waals surface area contributed by atoms with Crippen LogP contribution in [0.15, 0.2) is 54.6 Å². The predicted octanol–water partition coefficient (Wildman–Crippen LogP) is 3.35. The Hall–Kier alpha value is -1.88. The molecule has 0 aliphatic heterocycles. The molecular weight excluding hydrogens is 324 g/mol. The molecule has 0 radical (unpaired) electrons. The summed E-state index contributed by atoms with van der Waals surface area (Å²) in [5, 5.41) is 2.91. The van der Waals surface area contributed by atoms with Crippen molar-refractivity contribution in [3.8, 4) is 0 Å². The van der Waals surface area contributed by atoms with E-state index < -0.39 is 0 Å². The van der Waals surface area contributed by atoms with Gasteiger partial charge in [-0.15, -0.1) is 12.4 Å². The molecule has 0 fully saturated rings. The van der Waals surface area contributed by atoms with E-state index in [4.69, 9.17) is 10.5 Å². The fourth-order valence-electron chi connectivity index (χ4n) is 2.26. The summed E-state index contributed by atoms with van der Waals surface area (Å²) in [6.07, 6.45) is 0.284. The van der Waals surface area contributed by atoms with Gasteiger partial charge in [0, 0.05) is 25.6 Å². The van der Waals surface area contributed by atoms with Gasteiger partial charge in [-0.2, -0.15) is 0 Å². The molecule has 0 aliphatic rings. The fraction of sp³-hybridized carbons (Fsp3) is 0.316. The van der Waals surface area contributed by atoms with E-state index in [0.717, 1.165) is 16.7 Å². The molecule has 0 aliphatic carbocycles. The van der Waals surface area contributed by atoms with Crippen molar-refractivity contribution in [1.29, 1.82) is 0 Å². The SMILES string of the molecule is CCOCc1ccc(CNC(=O)CC(N)c2ccccc2)cc1.Cl. The summed E-state index contributed by atoms with van der Waals surface area (Å²) < 4.78 is 5.36. The molecule has 0 heterocycles. The van der Waals surface area contributed by atoms with Crippen molar-refractivity contribution in [3.63, 3.8) is 0 Å². The van der Waals surface area contributed by atoms with Crippen LogP contribution >= 0.6 is 12.4 Å². The molecule has 4 nitrogen and oxygen atoms in total. The summed E-state index contributed by atoms with van der Waals surface area (Å²) in [6.45, 7) is 3.81. The van der Waals surface area contributed by atoms with Crippen LogP contribution in [0.1, 0.15) is 36.1 Å². The number of hydrogen-bond donors (Lipinski definition) is 2. The summed E-state index contributed by atoms with van der Waals surface area (Å²) in [4.78, 5) is 12.0. The Kier molecular flexibility index (Phi) is 9.08. The molecule has 24 heavy (non-hydrogen) atoms. The third-order valence-electron chi connectivity index (χ3n) is 3.62. The molecular formula is C19H25ClN2O2. The van der Waals surface area contributed by atoms with Crippen LogP contribution in [0.5, 0.6) is 0 Å². The Labute approximate surface area is 149 Å². The first-order chi connectivity index (χ1) is 11.2. The number of rotatable bonds is 8. The third-order valence-corrected chi connectivity index (χ3v) is 3.62. The molecule has 2 aromatic carbocycles. The average Bonchev–Trinajstić information content (AvgIpc) is 2.59. The van der Waals surface area contributed by atoms with Gasteiger partial charge in [0.2, 0.25) is 5.91 Å². The highest BCUT2D eigenvalue weighted by Gasteiger charge is 2.11. The lowest BCUT2D eigenvalue weighted by atomic mass is 10.0. The zero-order valence-corrected chi connectivity index (χ0v) is 14.7. The first-order valence-corrected chi connectivity index (χ1v) is 7.92.